The topological polar surface area (TPSA) is 111 Å². The first-order chi connectivity index (χ1) is 12.2. The van der Waals surface area contributed by atoms with Crippen LogP contribution in [0.3, 0.4) is 0 Å². The molecule has 4 aliphatic rings. The van der Waals surface area contributed by atoms with E-state index in [1.807, 2.05) is 13.8 Å². The van der Waals surface area contributed by atoms with Crippen LogP contribution in [0, 0.1) is 23.7 Å². The zero-order chi connectivity index (χ0) is 18.9. The third-order valence-corrected chi connectivity index (χ3v) is 8.64. The molecule has 4 fully saturated rings. The summed E-state index contributed by atoms with van der Waals surface area (Å²) >= 11 is 1.51. The Balaban J connectivity index is 1.63. The minimum Gasteiger partial charge on any atom is -0.480 e. The summed E-state index contributed by atoms with van der Waals surface area (Å²) in [5.41, 5.74) is 5.18. The van der Waals surface area contributed by atoms with Crippen molar-refractivity contribution in [3.05, 3.63) is 0 Å². The van der Waals surface area contributed by atoms with E-state index in [1.54, 1.807) is 0 Å². The number of ether oxygens (including phenoxy) is 3. The van der Waals surface area contributed by atoms with Gasteiger partial charge in [0.1, 0.15) is 11.6 Å². The van der Waals surface area contributed by atoms with Gasteiger partial charge in [-0.1, -0.05) is 13.8 Å². The number of aliphatic carboxylic acids is 1. The number of aliphatic hydroxyl groups is 1. The highest BCUT2D eigenvalue weighted by molar-refractivity contribution is 8.00. The minimum absolute atomic E-state index is 0.00293. The summed E-state index contributed by atoms with van der Waals surface area (Å²) in [7, 11) is 0. The van der Waals surface area contributed by atoms with Crippen LogP contribution in [0.4, 0.5) is 0 Å². The van der Waals surface area contributed by atoms with Crippen molar-refractivity contribution < 1.29 is 29.2 Å². The first kappa shape index (κ1) is 19.0. The average molecular weight is 387 g/mol. The van der Waals surface area contributed by atoms with Crippen LogP contribution < -0.4 is 5.73 Å². The predicted octanol–water partition coefficient (Wildman–Crippen LogP) is 1.38. The van der Waals surface area contributed by atoms with Crippen molar-refractivity contribution >= 4 is 17.7 Å². The summed E-state index contributed by atoms with van der Waals surface area (Å²) in [6.07, 6.45) is 1.55. The third kappa shape index (κ3) is 2.57. The van der Waals surface area contributed by atoms with Gasteiger partial charge in [0.25, 0.3) is 0 Å². The van der Waals surface area contributed by atoms with E-state index in [1.165, 1.54) is 11.8 Å². The van der Waals surface area contributed by atoms with Crippen molar-refractivity contribution in [2.75, 3.05) is 5.75 Å². The number of nitrogens with two attached hydrogens (primary N) is 1. The second-order valence-corrected chi connectivity index (χ2v) is 9.81. The summed E-state index contributed by atoms with van der Waals surface area (Å²) in [6.45, 7) is 6.19. The fraction of sp³-hybridized carbons (Fsp3) is 0.944. The van der Waals surface area contributed by atoms with Gasteiger partial charge in [0.15, 0.2) is 18.4 Å². The van der Waals surface area contributed by atoms with Crippen LogP contribution in [0.5, 0.6) is 0 Å². The zero-order valence-corrected chi connectivity index (χ0v) is 16.3. The zero-order valence-electron chi connectivity index (χ0n) is 15.5. The number of rotatable bonds is 4. The summed E-state index contributed by atoms with van der Waals surface area (Å²) in [6, 6.07) is -0.905. The molecular formula is C18H29NO6S. The molecule has 3 saturated heterocycles. The van der Waals surface area contributed by atoms with Gasteiger partial charge >= 0.3 is 5.97 Å². The summed E-state index contributed by atoms with van der Waals surface area (Å²) < 4.78 is 18.8. The highest BCUT2D eigenvalue weighted by Crippen LogP contribution is 2.64. The van der Waals surface area contributed by atoms with Crippen molar-refractivity contribution in [2.45, 2.75) is 75.3 Å². The number of hydrogen-bond acceptors (Lipinski definition) is 7. The molecule has 8 heteroatoms. The van der Waals surface area contributed by atoms with E-state index < -0.39 is 36.0 Å². The van der Waals surface area contributed by atoms with Gasteiger partial charge < -0.3 is 30.2 Å². The molecule has 0 radical (unpaired) electrons. The van der Waals surface area contributed by atoms with Crippen LogP contribution in [-0.4, -0.2) is 57.2 Å². The molecule has 3 heterocycles. The fourth-order valence-corrected chi connectivity index (χ4v) is 6.92. The van der Waals surface area contributed by atoms with Crippen molar-refractivity contribution in [3.8, 4) is 0 Å². The smallest absolute Gasteiger partial charge is 0.321 e. The Morgan fingerprint density at radius 1 is 1.35 bits per heavy atom. The molecule has 1 aliphatic carbocycles. The monoisotopic (exact) mass is 387 g/mol. The van der Waals surface area contributed by atoms with Crippen molar-refractivity contribution in [3.63, 3.8) is 0 Å². The van der Waals surface area contributed by atoms with Gasteiger partial charge in [-0.2, -0.15) is 11.8 Å². The van der Waals surface area contributed by atoms with Crippen LogP contribution >= 0.6 is 11.8 Å². The molecule has 0 amide bonds. The average Bonchev–Trinajstić information content (AvgIpc) is 2.82. The lowest BCUT2D eigenvalue weighted by atomic mass is 9.57. The van der Waals surface area contributed by atoms with Crippen molar-refractivity contribution in [2.24, 2.45) is 29.4 Å². The number of fused-ring (bicyclic) bond motifs is 1. The number of aliphatic hydroxyl groups excluding tert-OH is 1. The van der Waals surface area contributed by atoms with E-state index in [0.717, 1.165) is 19.3 Å². The van der Waals surface area contributed by atoms with Crippen LogP contribution in [0.15, 0.2) is 0 Å². The Morgan fingerprint density at radius 3 is 2.77 bits per heavy atom. The number of carbonyl (C=O) groups is 1. The SMILES string of the molecule is C[C@@H]1CCC2[C@@H](C)[C@@H](O)O[C@@H]3O[C@]4(C)O[C@]23[C@H]1C[C@@H]4SC[C@@H](N)C(=O)O. The van der Waals surface area contributed by atoms with E-state index in [-0.39, 0.29) is 23.0 Å². The predicted molar refractivity (Wildman–Crippen MR) is 95.2 cm³/mol. The lowest BCUT2D eigenvalue weighted by Gasteiger charge is -2.58. The standard InChI is InChI=1S/C18H29NO6S/c1-8-4-5-10-9(2)15(22)23-16-18(10)11(8)6-13(17(3,24-16)25-18)26-7-12(19)14(20)21/h8-13,15-16,22H,4-7,19H2,1-3H3,(H,20,21)/t8-,9-,10?,11+,12-,13+,15+,16-,17-,18+/m1/s1. The van der Waals surface area contributed by atoms with E-state index in [0.29, 0.717) is 11.7 Å². The van der Waals surface area contributed by atoms with E-state index in [9.17, 15) is 9.90 Å². The maximum absolute atomic E-state index is 11.1. The van der Waals surface area contributed by atoms with Gasteiger partial charge in [-0.05, 0) is 38.0 Å². The molecule has 7 nitrogen and oxygen atoms in total. The number of thioether (sulfide) groups is 1. The van der Waals surface area contributed by atoms with Crippen LogP contribution in [0.1, 0.15) is 40.0 Å². The second kappa shape index (κ2) is 6.32. The van der Waals surface area contributed by atoms with E-state index in [4.69, 9.17) is 25.1 Å². The largest absolute Gasteiger partial charge is 0.480 e. The van der Waals surface area contributed by atoms with E-state index >= 15 is 0 Å². The molecule has 1 saturated carbocycles. The molecule has 148 valence electrons. The number of carboxylic acid groups (broad SMARTS) is 1. The van der Waals surface area contributed by atoms with Crippen molar-refractivity contribution in [1.82, 2.24) is 0 Å². The maximum atomic E-state index is 11.1. The molecule has 0 aromatic carbocycles. The second-order valence-electron chi connectivity index (χ2n) is 8.58. The van der Waals surface area contributed by atoms with Crippen LogP contribution in [0.2, 0.25) is 0 Å². The molecular weight excluding hydrogens is 358 g/mol. The molecule has 10 atom stereocenters. The Hall–Kier alpha value is -0.380. The molecule has 1 spiro atoms. The number of hydrogen-bond donors (Lipinski definition) is 3. The van der Waals surface area contributed by atoms with Crippen molar-refractivity contribution in [1.29, 1.82) is 0 Å². The quantitative estimate of drug-likeness (QED) is 0.663. The summed E-state index contributed by atoms with van der Waals surface area (Å²) in [4.78, 5) is 11.1. The van der Waals surface area contributed by atoms with Gasteiger partial charge in [0.05, 0.1) is 5.25 Å². The van der Waals surface area contributed by atoms with Crippen LogP contribution in [-0.2, 0) is 19.0 Å². The van der Waals surface area contributed by atoms with E-state index in [2.05, 4.69) is 6.92 Å². The Morgan fingerprint density at radius 2 is 2.08 bits per heavy atom. The first-order valence-corrected chi connectivity index (χ1v) is 10.6. The van der Waals surface area contributed by atoms with Gasteiger partial charge in [0.2, 0.25) is 0 Å². The first-order valence-electron chi connectivity index (χ1n) is 9.50. The summed E-state index contributed by atoms with van der Waals surface area (Å²) in [5.74, 6) is -0.628. The highest BCUT2D eigenvalue weighted by atomic mass is 32.2. The lowest BCUT2D eigenvalue weighted by Crippen LogP contribution is -2.67. The Kier molecular flexibility index (Phi) is 4.61. The minimum atomic E-state index is -0.997. The van der Waals surface area contributed by atoms with Gasteiger partial charge in [-0.15, -0.1) is 0 Å². The Labute approximate surface area is 157 Å². The van der Waals surface area contributed by atoms with Gasteiger partial charge in [-0.25, -0.2) is 0 Å². The fourth-order valence-electron chi connectivity index (χ4n) is 5.59. The summed E-state index contributed by atoms with van der Waals surface area (Å²) in [5, 5.41) is 19.4. The molecule has 3 aliphatic heterocycles. The number of carboxylic acids is 1. The lowest BCUT2D eigenvalue weighted by molar-refractivity contribution is -0.326. The van der Waals surface area contributed by atoms with Gasteiger partial charge in [0, 0.05) is 17.6 Å². The molecule has 1 unspecified atom stereocenters. The maximum Gasteiger partial charge on any atom is 0.321 e. The Bertz CT molecular complexity index is 592. The van der Waals surface area contributed by atoms with Gasteiger partial charge in [-0.3, -0.25) is 4.79 Å². The van der Waals surface area contributed by atoms with Crippen LogP contribution in [0.25, 0.3) is 0 Å². The normalized spacial score (nSPS) is 53.8. The molecule has 4 N–H and O–H groups in total. The molecule has 26 heavy (non-hydrogen) atoms. The molecule has 0 aromatic heterocycles. The molecule has 4 rings (SSSR count). The molecule has 0 aromatic rings. The third-order valence-electron chi connectivity index (χ3n) is 7.06. The molecule has 2 bridgehead atoms. The highest BCUT2D eigenvalue weighted by Gasteiger charge is 2.73.